The summed E-state index contributed by atoms with van der Waals surface area (Å²) in [6, 6.07) is 0. The minimum absolute atomic E-state index is 0.0408. The summed E-state index contributed by atoms with van der Waals surface area (Å²) in [5.41, 5.74) is -0.469. The van der Waals surface area contributed by atoms with Gasteiger partial charge < -0.3 is 24.6 Å². The fourth-order valence-electron chi connectivity index (χ4n) is 3.68. The molecule has 1 N–H and O–H groups in total. The van der Waals surface area contributed by atoms with Crippen LogP contribution in [0.5, 0.6) is 0 Å². The minimum atomic E-state index is -0.510. The molecule has 2 aliphatic heterocycles. The van der Waals surface area contributed by atoms with Crippen LogP contribution in [-0.4, -0.2) is 80.9 Å². The zero-order valence-corrected chi connectivity index (χ0v) is 17.4. The van der Waals surface area contributed by atoms with Crippen LogP contribution >= 0.6 is 0 Å². The van der Waals surface area contributed by atoms with Gasteiger partial charge in [-0.15, -0.1) is 0 Å². The van der Waals surface area contributed by atoms with E-state index in [-0.39, 0.29) is 23.3 Å². The number of rotatable bonds is 5. The second kappa shape index (κ2) is 9.06. The first-order valence-electron chi connectivity index (χ1n) is 9.76. The smallest absolute Gasteiger partial charge is 0.410 e. The van der Waals surface area contributed by atoms with Gasteiger partial charge in [0.25, 0.3) is 0 Å². The molecule has 154 valence electrons. The molecular formula is C20H35N3O4. The quantitative estimate of drug-likeness (QED) is 0.737. The average molecular weight is 382 g/mol. The van der Waals surface area contributed by atoms with Gasteiger partial charge >= 0.3 is 6.09 Å². The SMILES string of the molecule is CN(C)C/C=C/C(=O)NCC1CN(C(=O)OC(C)(C)C)CCC12CCOC2. The Morgan fingerprint density at radius 1 is 1.33 bits per heavy atom. The van der Waals surface area contributed by atoms with Crippen molar-refractivity contribution < 1.29 is 19.1 Å². The Hall–Kier alpha value is -1.60. The Morgan fingerprint density at radius 3 is 2.67 bits per heavy atom. The first kappa shape index (κ1) is 21.7. The van der Waals surface area contributed by atoms with Crippen molar-refractivity contribution in [2.75, 3.05) is 53.5 Å². The van der Waals surface area contributed by atoms with Crippen molar-refractivity contribution in [2.24, 2.45) is 11.3 Å². The highest BCUT2D eigenvalue weighted by Gasteiger charge is 2.47. The lowest BCUT2D eigenvalue weighted by Gasteiger charge is -2.45. The molecule has 0 radical (unpaired) electrons. The molecule has 0 saturated carbocycles. The van der Waals surface area contributed by atoms with Gasteiger partial charge in [0.15, 0.2) is 0 Å². The summed E-state index contributed by atoms with van der Waals surface area (Å²) in [4.78, 5) is 28.4. The van der Waals surface area contributed by atoms with E-state index in [0.717, 1.165) is 26.0 Å². The number of nitrogens with one attached hydrogen (secondary N) is 1. The van der Waals surface area contributed by atoms with E-state index in [1.807, 2.05) is 45.8 Å². The number of likely N-dealkylation sites (tertiary alicyclic amines) is 1. The van der Waals surface area contributed by atoms with Gasteiger partial charge in [-0.3, -0.25) is 4.79 Å². The summed E-state index contributed by atoms with van der Waals surface area (Å²) >= 11 is 0. The number of hydrogen-bond acceptors (Lipinski definition) is 5. The Bertz CT molecular complexity index is 548. The first-order valence-corrected chi connectivity index (χ1v) is 9.76. The lowest BCUT2D eigenvalue weighted by Crippen LogP contribution is -2.54. The molecule has 2 heterocycles. The number of likely N-dealkylation sites (N-methyl/N-ethyl adjacent to an activating group) is 1. The molecule has 7 heteroatoms. The van der Waals surface area contributed by atoms with E-state index < -0.39 is 5.60 Å². The molecule has 0 aliphatic carbocycles. The summed E-state index contributed by atoms with van der Waals surface area (Å²) in [5, 5.41) is 3.01. The molecule has 1 spiro atoms. The van der Waals surface area contributed by atoms with Gasteiger partial charge in [0, 0.05) is 50.2 Å². The van der Waals surface area contributed by atoms with Gasteiger partial charge in [0.1, 0.15) is 5.60 Å². The van der Waals surface area contributed by atoms with Crippen LogP contribution in [0.4, 0.5) is 4.79 Å². The van der Waals surface area contributed by atoms with Crippen molar-refractivity contribution in [1.82, 2.24) is 15.1 Å². The fourth-order valence-corrected chi connectivity index (χ4v) is 3.68. The second-order valence-corrected chi connectivity index (χ2v) is 8.95. The van der Waals surface area contributed by atoms with Gasteiger partial charge in [-0.05, 0) is 47.7 Å². The van der Waals surface area contributed by atoms with E-state index in [0.29, 0.717) is 26.2 Å². The van der Waals surface area contributed by atoms with Crippen molar-refractivity contribution in [3.05, 3.63) is 12.2 Å². The molecule has 7 nitrogen and oxygen atoms in total. The molecule has 2 rings (SSSR count). The van der Waals surface area contributed by atoms with E-state index in [9.17, 15) is 9.59 Å². The topological polar surface area (TPSA) is 71.1 Å². The third kappa shape index (κ3) is 6.50. The molecule has 2 saturated heterocycles. The van der Waals surface area contributed by atoms with Gasteiger partial charge in [-0.2, -0.15) is 0 Å². The summed E-state index contributed by atoms with van der Waals surface area (Å²) in [6.45, 7) is 9.59. The number of amides is 2. The maximum absolute atomic E-state index is 12.5. The van der Waals surface area contributed by atoms with Crippen molar-refractivity contribution in [3.63, 3.8) is 0 Å². The highest BCUT2D eigenvalue weighted by atomic mass is 16.6. The van der Waals surface area contributed by atoms with Gasteiger partial charge in [0.05, 0.1) is 6.61 Å². The number of piperidine rings is 1. The number of carbonyl (C=O) groups is 2. The van der Waals surface area contributed by atoms with Crippen LogP contribution in [0.25, 0.3) is 0 Å². The van der Waals surface area contributed by atoms with E-state index in [1.165, 1.54) is 0 Å². The molecule has 0 aromatic carbocycles. The van der Waals surface area contributed by atoms with Crippen molar-refractivity contribution in [2.45, 2.75) is 39.2 Å². The molecule has 2 unspecified atom stereocenters. The number of hydrogen-bond donors (Lipinski definition) is 1. The minimum Gasteiger partial charge on any atom is -0.444 e. The molecule has 2 atom stereocenters. The Labute approximate surface area is 163 Å². The summed E-state index contributed by atoms with van der Waals surface area (Å²) in [5.74, 6) is 0.0628. The fraction of sp³-hybridized carbons (Fsp3) is 0.800. The summed E-state index contributed by atoms with van der Waals surface area (Å²) in [6.07, 6.45) is 5.00. The molecular weight excluding hydrogens is 346 g/mol. The van der Waals surface area contributed by atoms with E-state index in [1.54, 1.807) is 11.0 Å². The standard InChI is InChI=1S/C20H35N3O4/c1-19(2,3)27-18(25)23-11-8-20(9-12-26-15-20)16(14-23)13-21-17(24)7-6-10-22(4)5/h6-7,16H,8-15H2,1-5H3,(H,21,24)/b7-6+. The third-order valence-corrected chi connectivity index (χ3v) is 5.23. The lowest BCUT2D eigenvalue weighted by atomic mass is 9.69. The van der Waals surface area contributed by atoms with Gasteiger partial charge in [-0.1, -0.05) is 6.08 Å². The van der Waals surface area contributed by atoms with Crippen LogP contribution in [0.3, 0.4) is 0 Å². The van der Waals surface area contributed by atoms with Crippen LogP contribution in [0, 0.1) is 11.3 Å². The molecule has 27 heavy (non-hydrogen) atoms. The maximum atomic E-state index is 12.5. The Morgan fingerprint density at radius 2 is 2.07 bits per heavy atom. The largest absolute Gasteiger partial charge is 0.444 e. The van der Waals surface area contributed by atoms with E-state index in [4.69, 9.17) is 9.47 Å². The van der Waals surface area contributed by atoms with E-state index >= 15 is 0 Å². The van der Waals surface area contributed by atoms with Crippen molar-refractivity contribution in [3.8, 4) is 0 Å². The molecule has 0 aromatic heterocycles. The molecule has 2 fully saturated rings. The molecule has 2 amide bonds. The second-order valence-electron chi connectivity index (χ2n) is 8.95. The van der Waals surface area contributed by atoms with Gasteiger partial charge in [0.2, 0.25) is 5.91 Å². The number of ether oxygens (including phenoxy) is 2. The van der Waals surface area contributed by atoms with Crippen LogP contribution in [0.2, 0.25) is 0 Å². The van der Waals surface area contributed by atoms with Crippen LogP contribution in [0.1, 0.15) is 33.6 Å². The molecule has 2 aliphatic rings. The van der Waals surface area contributed by atoms with Crippen LogP contribution < -0.4 is 5.32 Å². The number of nitrogens with zero attached hydrogens (tertiary/aromatic N) is 2. The van der Waals surface area contributed by atoms with Crippen LogP contribution in [-0.2, 0) is 14.3 Å². The zero-order chi connectivity index (χ0) is 20.1. The highest BCUT2D eigenvalue weighted by Crippen LogP contribution is 2.43. The maximum Gasteiger partial charge on any atom is 0.410 e. The molecule has 0 aromatic rings. The normalized spacial score (nSPS) is 26.1. The number of carbonyl (C=O) groups excluding carboxylic acids is 2. The third-order valence-electron chi connectivity index (χ3n) is 5.23. The predicted molar refractivity (Wildman–Crippen MR) is 104 cm³/mol. The monoisotopic (exact) mass is 381 g/mol. The summed E-state index contributed by atoms with van der Waals surface area (Å²) < 4.78 is 11.2. The average Bonchev–Trinajstić information content (AvgIpc) is 3.01. The Kier molecular flexibility index (Phi) is 7.28. The molecule has 0 bridgehead atoms. The zero-order valence-electron chi connectivity index (χ0n) is 17.4. The van der Waals surface area contributed by atoms with Gasteiger partial charge in [-0.25, -0.2) is 4.79 Å². The Balaban J connectivity index is 1.97. The van der Waals surface area contributed by atoms with Crippen LogP contribution in [0.15, 0.2) is 12.2 Å². The van der Waals surface area contributed by atoms with Crippen molar-refractivity contribution in [1.29, 1.82) is 0 Å². The predicted octanol–water partition coefficient (Wildman–Crippen LogP) is 1.88. The summed E-state index contributed by atoms with van der Waals surface area (Å²) in [7, 11) is 3.92. The first-order chi connectivity index (χ1) is 12.6. The lowest BCUT2D eigenvalue weighted by molar-refractivity contribution is -0.117. The van der Waals surface area contributed by atoms with Crippen molar-refractivity contribution >= 4 is 12.0 Å². The highest BCUT2D eigenvalue weighted by molar-refractivity contribution is 5.87. The van der Waals surface area contributed by atoms with E-state index in [2.05, 4.69) is 5.32 Å².